The minimum absolute atomic E-state index is 0.0703. The number of benzene rings is 1. The highest BCUT2D eigenvalue weighted by Crippen LogP contribution is 2.48. The molecule has 0 aliphatic carbocycles. The standard InChI is InChI=1S/C53H66ClF4N9O8S/c1-29(2)42(63(6)50(72)52(56)10-13-65(14-11-52)48(70)45(54)55)46(68)61-38-22-40-60-39(26-76-40)31-19-32-23-53(57,58)27-66-43(32)34(20-31)36(24-51(4,5)28-75-49(71)37-9-8-12-67(62-37)47(38)69)44(66)35-21-33(64-15-17-74-18-16-64)25-59-41(35)30(3)73-7/h19-21,25-26,29-30,37-38,42,45,62H,8-18,22-24,27-28H2,1-7H3,(H,61,68). The maximum atomic E-state index is 16.5. The molecule has 5 unspecified atom stereocenters. The highest BCUT2D eigenvalue weighted by Gasteiger charge is 2.48. The second-order valence-corrected chi connectivity index (χ2v) is 23.3. The van der Waals surface area contributed by atoms with Gasteiger partial charge in [-0.25, -0.2) is 28.0 Å². The number of aromatic nitrogens is 3. The lowest BCUT2D eigenvalue weighted by atomic mass is 9.84. The van der Waals surface area contributed by atoms with E-state index in [1.54, 1.807) is 43.2 Å². The molecule has 17 nitrogen and oxygen atoms in total. The van der Waals surface area contributed by atoms with Crippen LogP contribution in [-0.2, 0) is 64.0 Å². The molecule has 0 radical (unpaired) electrons. The number of carbonyl (C=O) groups is 5. The molecule has 6 bridgehead atoms. The third-order valence-electron chi connectivity index (χ3n) is 15.4. The van der Waals surface area contributed by atoms with E-state index in [0.717, 1.165) is 26.4 Å². The summed E-state index contributed by atoms with van der Waals surface area (Å²) in [5, 5.41) is 7.04. The first-order valence-electron chi connectivity index (χ1n) is 25.9. The Balaban J connectivity index is 1.12. The molecule has 3 fully saturated rings. The molecule has 0 spiro atoms. The second-order valence-electron chi connectivity index (χ2n) is 21.9. The van der Waals surface area contributed by atoms with Crippen molar-refractivity contribution in [2.45, 2.75) is 128 Å². The Labute approximate surface area is 447 Å². The number of cyclic esters (lactones) is 1. The fraction of sp³-hybridized carbons (Fsp3) is 0.604. The van der Waals surface area contributed by atoms with Crippen LogP contribution in [0.5, 0.6) is 0 Å². The summed E-state index contributed by atoms with van der Waals surface area (Å²) in [6.45, 7) is 10.4. The SMILES string of the molecule is COC(C)c1ncc(N2CCOCC2)cc1-c1c2c3cc(cc4c3n1CC(F)(F)C4)-c1csc(n1)CC(NC(=O)C(C(C)C)N(C)C(=O)C1(F)CCN(C(=O)C(F)Cl)CC1)C(=O)N1CCCC(N1)C(=O)OCC(C)(C)C2. The zero-order valence-corrected chi connectivity index (χ0v) is 45.4. The number of fused-ring (bicyclic) bond motifs is 6. The Morgan fingerprint density at radius 3 is 2.43 bits per heavy atom. The van der Waals surface area contributed by atoms with Crippen molar-refractivity contribution in [3.8, 4) is 22.5 Å². The molecular weight excluding hydrogens is 1030 g/mol. The molecule has 2 N–H and O–H groups in total. The number of hydrogen-bond donors (Lipinski definition) is 2. The predicted octanol–water partition coefficient (Wildman–Crippen LogP) is 6.56. The number of thiazole rings is 1. The minimum Gasteiger partial charge on any atom is -0.464 e. The number of ether oxygens (including phenoxy) is 3. The Hall–Kier alpha value is -5.42. The van der Waals surface area contributed by atoms with Crippen molar-refractivity contribution in [1.29, 1.82) is 0 Å². The summed E-state index contributed by atoms with van der Waals surface area (Å²) in [5.41, 5.74) is 2.90. The number of carbonyl (C=O) groups excluding carboxylic acids is 5. The van der Waals surface area contributed by atoms with Crippen LogP contribution in [0.2, 0.25) is 0 Å². The van der Waals surface area contributed by atoms with E-state index >= 15 is 13.2 Å². The summed E-state index contributed by atoms with van der Waals surface area (Å²) in [6.07, 6.45) is 0.705. The first kappa shape index (κ1) is 55.3. The number of anilines is 1. The number of likely N-dealkylation sites (tertiary alicyclic amines) is 1. The second kappa shape index (κ2) is 21.8. The number of likely N-dealkylation sites (N-methyl/N-ethyl adjacent to an activating group) is 1. The average Bonchev–Trinajstić information content (AvgIpc) is 3.99. The number of nitrogens with one attached hydrogen (secondary N) is 2. The van der Waals surface area contributed by atoms with Crippen LogP contribution in [0.1, 0.15) is 88.2 Å². The fourth-order valence-corrected chi connectivity index (χ4v) is 12.4. The number of alkyl halides is 5. The van der Waals surface area contributed by atoms with Gasteiger partial charge in [0.1, 0.15) is 18.1 Å². The Morgan fingerprint density at radius 1 is 1.03 bits per heavy atom. The van der Waals surface area contributed by atoms with Crippen molar-refractivity contribution >= 4 is 69.1 Å². The van der Waals surface area contributed by atoms with Crippen molar-refractivity contribution in [2.24, 2.45) is 11.3 Å². The van der Waals surface area contributed by atoms with Crippen molar-refractivity contribution in [2.75, 3.05) is 71.6 Å². The summed E-state index contributed by atoms with van der Waals surface area (Å²) >= 11 is 6.56. The zero-order chi connectivity index (χ0) is 54.6. The summed E-state index contributed by atoms with van der Waals surface area (Å²) in [4.78, 5) is 83.7. The summed E-state index contributed by atoms with van der Waals surface area (Å²) in [5.74, 6) is -7.77. The van der Waals surface area contributed by atoms with Gasteiger partial charge in [0.2, 0.25) is 5.91 Å². The number of amides is 4. The number of hydrazine groups is 1. The molecule has 412 valence electrons. The number of halogens is 5. The maximum Gasteiger partial charge on any atom is 0.324 e. The number of piperidine rings is 1. The van der Waals surface area contributed by atoms with E-state index in [1.807, 2.05) is 32.9 Å². The molecule has 5 atom stereocenters. The predicted molar refractivity (Wildman–Crippen MR) is 277 cm³/mol. The molecule has 1 aromatic carbocycles. The number of hydrogen-bond acceptors (Lipinski definition) is 13. The molecule has 3 saturated heterocycles. The van der Waals surface area contributed by atoms with E-state index < -0.39 is 108 Å². The van der Waals surface area contributed by atoms with Crippen LogP contribution in [0.3, 0.4) is 0 Å². The topological polar surface area (TPSA) is 181 Å². The van der Waals surface area contributed by atoms with Crippen LogP contribution in [0.15, 0.2) is 29.8 Å². The lowest BCUT2D eigenvalue weighted by molar-refractivity contribution is -0.156. The van der Waals surface area contributed by atoms with Gasteiger partial charge in [0.25, 0.3) is 29.3 Å². The van der Waals surface area contributed by atoms with E-state index in [9.17, 15) is 28.4 Å². The van der Waals surface area contributed by atoms with Crippen molar-refractivity contribution in [3.63, 3.8) is 0 Å². The number of pyridine rings is 1. The molecule has 4 amide bonds. The summed E-state index contributed by atoms with van der Waals surface area (Å²) in [7, 11) is 2.88. The van der Waals surface area contributed by atoms with Crippen LogP contribution < -0.4 is 15.6 Å². The molecule has 4 aromatic rings. The molecule has 3 aromatic heterocycles. The van der Waals surface area contributed by atoms with E-state index in [4.69, 9.17) is 35.8 Å². The molecule has 8 heterocycles. The molecule has 0 saturated carbocycles. The third kappa shape index (κ3) is 11.2. The molecule has 5 aliphatic rings. The van der Waals surface area contributed by atoms with Crippen molar-refractivity contribution in [1.82, 2.24) is 40.1 Å². The fourth-order valence-electron chi connectivity index (χ4n) is 11.4. The molecule has 5 aliphatic heterocycles. The van der Waals surface area contributed by atoms with Crippen LogP contribution in [0, 0.1) is 11.3 Å². The van der Waals surface area contributed by atoms with Crippen LogP contribution >= 0.6 is 22.9 Å². The van der Waals surface area contributed by atoms with E-state index in [2.05, 4.69) is 15.6 Å². The normalized spacial score (nSPS) is 22.9. The van der Waals surface area contributed by atoms with Gasteiger partial charge in [-0.05, 0) is 61.4 Å². The quantitative estimate of drug-likeness (QED) is 0.0994. The smallest absolute Gasteiger partial charge is 0.324 e. The number of methoxy groups -OCH3 is 1. The highest BCUT2D eigenvalue weighted by molar-refractivity contribution is 7.10. The number of nitrogens with zero attached hydrogens (tertiary/aromatic N) is 7. The van der Waals surface area contributed by atoms with Gasteiger partial charge in [-0.15, -0.1) is 11.3 Å². The third-order valence-corrected chi connectivity index (χ3v) is 16.4. The van der Waals surface area contributed by atoms with E-state index in [0.29, 0.717) is 89.9 Å². The number of rotatable bonds is 10. The molecule has 23 heteroatoms. The number of esters is 1. The first-order chi connectivity index (χ1) is 36.0. The Bertz CT molecular complexity index is 2890. The minimum atomic E-state index is -3.16. The van der Waals surface area contributed by atoms with E-state index in [1.165, 1.54) is 23.4 Å². The van der Waals surface area contributed by atoms with Gasteiger partial charge in [-0.2, -0.15) is 0 Å². The van der Waals surface area contributed by atoms with Gasteiger partial charge in [-0.3, -0.25) is 34.0 Å². The van der Waals surface area contributed by atoms with Gasteiger partial charge >= 0.3 is 5.97 Å². The van der Waals surface area contributed by atoms with Crippen LogP contribution in [0.25, 0.3) is 33.4 Å². The summed E-state index contributed by atoms with van der Waals surface area (Å²) < 4.78 is 82.3. The van der Waals surface area contributed by atoms with E-state index in [-0.39, 0.29) is 32.7 Å². The average molecular weight is 1100 g/mol. The molecule has 76 heavy (non-hydrogen) atoms. The summed E-state index contributed by atoms with van der Waals surface area (Å²) in [6, 6.07) is 2.14. The highest BCUT2D eigenvalue weighted by atomic mass is 35.5. The zero-order valence-electron chi connectivity index (χ0n) is 43.9. The van der Waals surface area contributed by atoms with Crippen LogP contribution in [-0.4, -0.2) is 161 Å². The largest absolute Gasteiger partial charge is 0.464 e. The Morgan fingerprint density at radius 2 is 1.75 bits per heavy atom. The lowest BCUT2D eigenvalue weighted by Gasteiger charge is -2.40. The maximum absolute atomic E-state index is 16.5. The molecule has 9 rings (SSSR count). The van der Waals surface area contributed by atoms with Gasteiger partial charge in [-0.1, -0.05) is 39.3 Å². The Kier molecular flexibility index (Phi) is 15.9. The van der Waals surface area contributed by atoms with Crippen molar-refractivity contribution in [3.05, 3.63) is 51.6 Å². The molecular formula is C53H66ClF4N9O8S. The van der Waals surface area contributed by atoms with Gasteiger partial charge in [0, 0.05) is 99.9 Å². The monoisotopic (exact) mass is 1100 g/mol. The lowest BCUT2D eigenvalue weighted by Crippen LogP contribution is -2.63. The van der Waals surface area contributed by atoms with Crippen LogP contribution in [0.4, 0.5) is 23.2 Å². The van der Waals surface area contributed by atoms with Gasteiger partial charge in [0.15, 0.2) is 5.67 Å². The van der Waals surface area contributed by atoms with Gasteiger partial charge < -0.3 is 38.8 Å². The van der Waals surface area contributed by atoms with Crippen molar-refractivity contribution < 1.29 is 55.7 Å². The first-order valence-corrected chi connectivity index (χ1v) is 27.2. The van der Waals surface area contributed by atoms with Gasteiger partial charge in [0.05, 0.1) is 72.0 Å². The number of morpholine rings is 1.